The van der Waals surface area contributed by atoms with Crippen molar-refractivity contribution in [2.75, 3.05) is 20.8 Å². The fourth-order valence-corrected chi connectivity index (χ4v) is 1.57. The summed E-state index contributed by atoms with van der Waals surface area (Å²) in [5, 5.41) is 3.29. The summed E-state index contributed by atoms with van der Waals surface area (Å²) in [5.74, 6) is 0. The number of rotatable bonds is 6. The number of pyridine rings is 1. The van der Waals surface area contributed by atoms with Crippen molar-refractivity contribution in [2.24, 2.45) is 0 Å². The molecule has 0 aliphatic carbocycles. The highest BCUT2D eigenvalue weighted by atomic mass is 16.5. The van der Waals surface area contributed by atoms with Gasteiger partial charge in [-0.25, -0.2) is 0 Å². The van der Waals surface area contributed by atoms with Crippen LogP contribution in [0.4, 0.5) is 0 Å². The van der Waals surface area contributed by atoms with Crippen molar-refractivity contribution in [3.05, 3.63) is 29.6 Å². The standard InChI is InChI=1S/C12H20N2O/c1-10-5-4-7-14-12(10)9-11(13-2)6-8-15-3/h4-5,7,11,13H,6,8-9H2,1-3H3. The molecule has 1 atom stereocenters. The van der Waals surface area contributed by atoms with Crippen LogP contribution >= 0.6 is 0 Å². The van der Waals surface area contributed by atoms with Gasteiger partial charge < -0.3 is 10.1 Å². The van der Waals surface area contributed by atoms with E-state index in [4.69, 9.17) is 4.74 Å². The first-order valence-electron chi connectivity index (χ1n) is 5.34. The molecule has 0 amide bonds. The molecule has 1 unspecified atom stereocenters. The van der Waals surface area contributed by atoms with Gasteiger partial charge in [-0.3, -0.25) is 4.98 Å². The Bertz CT molecular complexity index is 289. The van der Waals surface area contributed by atoms with E-state index in [2.05, 4.69) is 23.3 Å². The molecule has 3 nitrogen and oxygen atoms in total. The summed E-state index contributed by atoms with van der Waals surface area (Å²) in [6, 6.07) is 4.52. The van der Waals surface area contributed by atoms with Crippen LogP contribution in [-0.4, -0.2) is 31.8 Å². The number of methoxy groups -OCH3 is 1. The van der Waals surface area contributed by atoms with Crippen molar-refractivity contribution < 1.29 is 4.74 Å². The Balaban J connectivity index is 2.54. The molecule has 0 saturated heterocycles. The number of aromatic nitrogens is 1. The Morgan fingerprint density at radius 1 is 1.53 bits per heavy atom. The maximum atomic E-state index is 5.08. The highest BCUT2D eigenvalue weighted by molar-refractivity contribution is 5.18. The van der Waals surface area contributed by atoms with Crippen LogP contribution in [0, 0.1) is 6.92 Å². The van der Waals surface area contributed by atoms with E-state index in [-0.39, 0.29) is 0 Å². The van der Waals surface area contributed by atoms with Crippen molar-refractivity contribution in [2.45, 2.75) is 25.8 Å². The number of hydrogen-bond acceptors (Lipinski definition) is 3. The molecule has 0 saturated carbocycles. The molecule has 1 aromatic heterocycles. The van der Waals surface area contributed by atoms with Gasteiger partial charge >= 0.3 is 0 Å². The molecular formula is C12H20N2O. The zero-order valence-corrected chi connectivity index (χ0v) is 9.79. The third-order valence-corrected chi connectivity index (χ3v) is 2.64. The Hall–Kier alpha value is -0.930. The highest BCUT2D eigenvalue weighted by Crippen LogP contribution is 2.08. The zero-order chi connectivity index (χ0) is 11.1. The number of aryl methyl sites for hydroxylation is 1. The molecule has 0 bridgehead atoms. The Morgan fingerprint density at radius 2 is 2.33 bits per heavy atom. The third kappa shape index (κ3) is 3.98. The second kappa shape index (κ2) is 6.53. The second-order valence-corrected chi connectivity index (χ2v) is 3.74. The van der Waals surface area contributed by atoms with Crippen LogP contribution in [-0.2, 0) is 11.2 Å². The van der Waals surface area contributed by atoms with E-state index >= 15 is 0 Å². The third-order valence-electron chi connectivity index (χ3n) is 2.64. The normalized spacial score (nSPS) is 12.7. The molecule has 0 fully saturated rings. The van der Waals surface area contributed by atoms with Crippen LogP contribution < -0.4 is 5.32 Å². The van der Waals surface area contributed by atoms with Crippen LogP contribution in [0.5, 0.6) is 0 Å². The van der Waals surface area contributed by atoms with Gasteiger partial charge in [-0.05, 0) is 32.0 Å². The van der Waals surface area contributed by atoms with Crippen LogP contribution in [0.15, 0.2) is 18.3 Å². The van der Waals surface area contributed by atoms with Crippen LogP contribution in [0.3, 0.4) is 0 Å². The van der Waals surface area contributed by atoms with Crippen molar-refractivity contribution in [1.82, 2.24) is 10.3 Å². The minimum atomic E-state index is 0.443. The minimum Gasteiger partial charge on any atom is -0.385 e. The zero-order valence-electron chi connectivity index (χ0n) is 9.79. The highest BCUT2D eigenvalue weighted by Gasteiger charge is 2.09. The second-order valence-electron chi connectivity index (χ2n) is 3.74. The Kier molecular flexibility index (Phi) is 5.29. The molecule has 84 valence electrons. The van der Waals surface area contributed by atoms with Crippen molar-refractivity contribution in [1.29, 1.82) is 0 Å². The molecule has 0 aliphatic heterocycles. The summed E-state index contributed by atoms with van der Waals surface area (Å²) < 4.78 is 5.08. The summed E-state index contributed by atoms with van der Waals surface area (Å²) >= 11 is 0. The first-order chi connectivity index (χ1) is 7.27. The van der Waals surface area contributed by atoms with E-state index in [0.717, 1.165) is 19.4 Å². The Labute approximate surface area is 91.9 Å². The lowest BCUT2D eigenvalue weighted by atomic mass is 10.0. The van der Waals surface area contributed by atoms with E-state index in [1.54, 1.807) is 7.11 Å². The monoisotopic (exact) mass is 208 g/mol. The van der Waals surface area contributed by atoms with Crippen LogP contribution in [0.2, 0.25) is 0 Å². The average Bonchev–Trinajstić information content (AvgIpc) is 2.26. The van der Waals surface area contributed by atoms with Gasteiger partial charge in [-0.1, -0.05) is 6.07 Å². The Morgan fingerprint density at radius 3 is 2.93 bits per heavy atom. The van der Waals surface area contributed by atoms with Gasteiger partial charge in [0.15, 0.2) is 0 Å². The van der Waals surface area contributed by atoms with Crippen LogP contribution in [0.25, 0.3) is 0 Å². The lowest BCUT2D eigenvalue weighted by molar-refractivity contribution is 0.183. The molecule has 0 aromatic carbocycles. The molecule has 1 N–H and O–H groups in total. The number of nitrogens with one attached hydrogen (secondary N) is 1. The van der Waals surface area contributed by atoms with Gasteiger partial charge in [0, 0.05) is 38.1 Å². The number of likely N-dealkylation sites (N-methyl/N-ethyl adjacent to an activating group) is 1. The lowest BCUT2D eigenvalue weighted by Crippen LogP contribution is -2.29. The molecule has 1 aromatic rings. The average molecular weight is 208 g/mol. The van der Waals surface area contributed by atoms with Crippen molar-refractivity contribution in [3.8, 4) is 0 Å². The summed E-state index contributed by atoms with van der Waals surface area (Å²) in [4.78, 5) is 4.39. The fourth-order valence-electron chi connectivity index (χ4n) is 1.57. The quantitative estimate of drug-likeness (QED) is 0.770. The van der Waals surface area contributed by atoms with Gasteiger partial charge in [-0.2, -0.15) is 0 Å². The van der Waals surface area contributed by atoms with E-state index in [1.807, 2.05) is 19.3 Å². The molecule has 0 spiro atoms. The van der Waals surface area contributed by atoms with Crippen LogP contribution in [0.1, 0.15) is 17.7 Å². The predicted molar refractivity (Wildman–Crippen MR) is 62.0 cm³/mol. The van der Waals surface area contributed by atoms with Gasteiger partial charge in [0.2, 0.25) is 0 Å². The molecule has 15 heavy (non-hydrogen) atoms. The lowest BCUT2D eigenvalue weighted by Gasteiger charge is -2.16. The summed E-state index contributed by atoms with van der Waals surface area (Å²) in [5.41, 5.74) is 2.43. The van der Waals surface area contributed by atoms with Gasteiger partial charge in [0.1, 0.15) is 0 Å². The smallest absolute Gasteiger partial charge is 0.0477 e. The molecule has 1 heterocycles. The fraction of sp³-hybridized carbons (Fsp3) is 0.583. The van der Waals surface area contributed by atoms with Gasteiger partial charge in [0.05, 0.1) is 0 Å². The number of ether oxygens (including phenoxy) is 1. The van der Waals surface area contributed by atoms with E-state index in [0.29, 0.717) is 6.04 Å². The van der Waals surface area contributed by atoms with E-state index in [1.165, 1.54) is 11.3 Å². The predicted octanol–water partition coefficient (Wildman–Crippen LogP) is 1.56. The van der Waals surface area contributed by atoms with E-state index in [9.17, 15) is 0 Å². The molecule has 0 aliphatic rings. The van der Waals surface area contributed by atoms with E-state index < -0.39 is 0 Å². The van der Waals surface area contributed by atoms with Crippen molar-refractivity contribution >= 4 is 0 Å². The summed E-state index contributed by atoms with van der Waals surface area (Å²) in [6.07, 6.45) is 3.83. The molecule has 0 radical (unpaired) electrons. The maximum absolute atomic E-state index is 5.08. The molecule has 1 rings (SSSR count). The van der Waals surface area contributed by atoms with Crippen molar-refractivity contribution in [3.63, 3.8) is 0 Å². The molecule has 3 heteroatoms. The topological polar surface area (TPSA) is 34.1 Å². The first-order valence-corrected chi connectivity index (χ1v) is 5.34. The number of nitrogens with zero attached hydrogens (tertiary/aromatic N) is 1. The number of hydrogen-bond donors (Lipinski definition) is 1. The first kappa shape index (κ1) is 12.1. The van der Waals surface area contributed by atoms with Gasteiger partial charge in [0.25, 0.3) is 0 Å². The SMILES string of the molecule is CNC(CCOC)Cc1ncccc1C. The summed E-state index contributed by atoms with van der Waals surface area (Å²) in [6.45, 7) is 2.89. The molecular weight excluding hydrogens is 188 g/mol. The summed E-state index contributed by atoms with van der Waals surface area (Å²) in [7, 11) is 3.72. The largest absolute Gasteiger partial charge is 0.385 e. The van der Waals surface area contributed by atoms with Gasteiger partial charge in [-0.15, -0.1) is 0 Å². The maximum Gasteiger partial charge on any atom is 0.0477 e. The minimum absolute atomic E-state index is 0.443.